The highest BCUT2D eigenvalue weighted by atomic mass is 35.5. The van der Waals surface area contributed by atoms with Crippen LogP contribution >= 0.6 is 23.8 Å². The summed E-state index contributed by atoms with van der Waals surface area (Å²) in [6, 6.07) is 1.94. The number of anilines is 1. The Morgan fingerprint density at radius 1 is 1.32 bits per heavy atom. The molecule has 1 aromatic rings. The third kappa shape index (κ3) is 2.65. The van der Waals surface area contributed by atoms with Gasteiger partial charge in [-0.2, -0.15) is 13.2 Å². The average Bonchev–Trinajstić information content (AvgIpc) is 2.79. The zero-order valence-electron chi connectivity index (χ0n) is 10.9. The second-order valence-corrected chi connectivity index (χ2v) is 8.18. The predicted octanol–water partition coefficient (Wildman–Crippen LogP) is 2.22. The van der Waals surface area contributed by atoms with E-state index in [9.17, 15) is 21.6 Å². The van der Waals surface area contributed by atoms with Crippen LogP contribution in [0.4, 0.5) is 18.9 Å². The number of benzene rings is 1. The number of alkyl halides is 3. The smallest absolute Gasteiger partial charge is 0.356 e. The van der Waals surface area contributed by atoms with Crippen LogP contribution in [0.25, 0.3) is 0 Å². The van der Waals surface area contributed by atoms with Crippen molar-refractivity contribution in [2.75, 3.05) is 16.4 Å². The van der Waals surface area contributed by atoms with Gasteiger partial charge < -0.3 is 10.2 Å². The summed E-state index contributed by atoms with van der Waals surface area (Å²) in [6.45, 7) is 0. The SMILES string of the molecule is O=S1(=O)C[C@@H]2[C@@H](C1)NC(=S)N2c1cc(C(F)(F)F)ccc1Cl. The number of fused-ring (bicyclic) bond motifs is 1. The molecule has 0 spiro atoms. The van der Waals surface area contributed by atoms with Crippen molar-refractivity contribution in [2.24, 2.45) is 0 Å². The molecule has 0 unspecified atom stereocenters. The highest BCUT2D eigenvalue weighted by molar-refractivity contribution is 7.91. The van der Waals surface area contributed by atoms with E-state index in [-0.39, 0.29) is 27.3 Å². The van der Waals surface area contributed by atoms with Crippen molar-refractivity contribution in [3.8, 4) is 0 Å². The molecule has 2 fully saturated rings. The first-order chi connectivity index (χ1) is 10.1. The molecule has 22 heavy (non-hydrogen) atoms. The maximum atomic E-state index is 12.9. The molecule has 1 aromatic carbocycles. The Morgan fingerprint density at radius 3 is 2.64 bits per heavy atom. The fourth-order valence-electron chi connectivity index (χ4n) is 2.76. The molecule has 2 aliphatic heterocycles. The van der Waals surface area contributed by atoms with Crippen molar-refractivity contribution in [2.45, 2.75) is 18.3 Å². The summed E-state index contributed by atoms with van der Waals surface area (Å²) in [5.41, 5.74) is -0.794. The van der Waals surface area contributed by atoms with Crippen molar-refractivity contribution in [3.05, 3.63) is 28.8 Å². The lowest BCUT2D eigenvalue weighted by molar-refractivity contribution is -0.137. The van der Waals surface area contributed by atoms with Gasteiger partial charge >= 0.3 is 6.18 Å². The van der Waals surface area contributed by atoms with Gasteiger partial charge in [-0.3, -0.25) is 0 Å². The molecular formula is C12H10ClF3N2O2S2. The Labute approximate surface area is 135 Å². The van der Waals surface area contributed by atoms with Crippen LogP contribution in [0, 0.1) is 0 Å². The summed E-state index contributed by atoms with van der Waals surface area (Å²) in [5, 5.41) is 3.12. The molecule has 2 saturated heterocycles. The number of rotatable bonds is 1. The summed E-state index contributed by atoms with van der Waals surface area (Å²) < 4.78 is 62.0. The standard InChI is InChI=1S/C12H10ClF3N2O2S2/c13-7-2-1-6(12(14,15)16)3-9(7)18-10-5-22(19,20)4-8(10)17-11(18)21/h1-3,8,10H,4-5H2,(H,17,21)/t8-,10-/m1/s1. The minimum atomic E-state index is -4.52. The molecule has 0 saturated carbocycles. The van der Waals surface area contributed by atoms with Crippen molar-refractivity contribution < 1.29 is 21.6 Å². The average molecular weight is 371 g/mol. The van der Waals surface area contributed by atoms with E-state index in [0.29, 0.717) is 0 Å². The Hall–Kier alpha value is -1.06. The van der Waals surface area contributed by atoms with E-state index in [1.54, 1.807) is 0 Å². The molecule has 10 heteroatoms. The predicted molar refractivity (Wildman–Crippen MR) is 80.9 cm³/mol. The first-order valence-electron chi connectivity index (χ1n) is 6.25. The monoisotopic (exact) mass is 370 g/mol. The number of hydrogen-bond donors (Lipinski definition) is 1. The van der Waals surface area contributed by atoms with E-state index in [2.05, 4.69) is 5.32 Å². The minimum Gasteiger partial charge on any atom is -0.356 e. The third-order valence-corrected chi connectivity index (χ3v) is 6.07. The van der Waals surface area contributed by atoms with Crippen LogP contribution in [0.2, 0.25) is 5.02 Å². The molecule has 2 heterocycles. The first kappa shape index (κ1) is 15.8. The summed E-state index contributed by atoms with van der Waals surface area (Å²) in [5.74, 6) is -0.262. The fourth-order valence-corrected chi connectivity index (χ4v) is 5.25. The van der Waals surface area contributed by atoms with Gasteiger partial charge in [0.15, 0.2) is 14.9 Å². The lowest BCUT2D eigenvalue weighted by atomic mass is 10.1. The fraction of sp³-hybridized carbons (Fsp3) is 0.417. The Morgan fingerprint density at radius 2 is 2.00 bits per heavy atom. The van der Waals surface area contributed by atoms with E-state index in [0.717, 1.165) is 18.2 Å². The zero-order valence-corrected chi connectivity index (χ0v) is 13.3. The highest BCUT2D eigenvalue weighted by Gasteiger charge is 2.48. The van der Waals surface area contributed by atoms with Gasteiger partial charge in [-0.15, -0.1) is 0 Å². The van der Waals surface area contributed by atoms with Gasteiger partial charge in [0.25, 0.3) is 0 Å². The van der Waals surface area contributed by atoms with E-state index >= 15 is 0 Å². The van der Waals surface area contributed by atoms with Crippen molar-refractivity contribution >= 4 is 44.5 Å². The second-order valence-electron chi connectivity index (χ2n) is 5.23. The van der Waals surface area contributed by atoms with Crippen molar-refractivity contribution in [3.63, 3.8) is 0 Å². The van der Waals surface area contributed by atoms with Crippen LogP contribution in [-0.4, -0.2) is 37.1 Å². The summed E-state index contributed by atoms with van der Waals surface area (Å²) in [6.07, 6.45) is -4.52. The number of hydrogen-bond acceptors (Lipinski definition) is 3. The Bertz CT molecular complexity index is 751. The van der Waals surface area contributed by atoms with Gasteiger partial charge in [-0.1, -0.05) is 11.6 Å². The van der Waals surface area contributed by atoms with Gasteiger partial charge in [0.05, 0.1) is 39.9 Å². The number of nitrogens with zero attached hydrogens (tertiary/aromatic N) is 1. The maximum absolute atomic E-state index is 12.9. The first-order valence-corrected chi connectivity index (χ1v) is 8.86. The van der Waals surface area contributed by atoms with Gasteiger partial charge in [0.2, 0.25) is 0 Å². The van der Waals surface area contributed by atoms with Crippen LogP contribution in [0.1, 0.15) is 5.56 Å². The lowest BCUT2D eigenvalue weighted by Gasteiger charge is -2.25. The summed E-state index contributed by atoms with van der Waals surface area (Å²) in [7, 11) is -3.25. The van der Waals surface area contributed by atoms with Gasteiger partial charge in [0.1, 0.15) is 0 Å². The third-order valence-electron chi connectivity index (χ3n) is 3.71. The second kappa shape index (κ2) is 4.97. The number of sulfone groups is 1. The molecule has 2 atom stereocenters. The molecule has 0 amide bonds. The molecule has 4 nitrogen and oxygen atoms in total. The molecule has 2 aliphatic rings. The van der Waals surface area contributed by atoms with Crippen LogP contribution in [0.3, 0.4) is 0 Å². The topological polar surface area (TPSA) is 49.4 Å². The normalized spacial score (nSPS) is 26.9. The van der Waals surface area contributed by atoms with Crippen molar-refractivity contribution in [1.29, 1.82) is 0 Å². The van der Waals surface area contributed by atoms with Crippen LogP contribution in [-0.2, 0) is 16.0 Å². The number of halogens is 4. The molecular weight excluding hydrogens is 361 g/mol. The molecule has 120 valence electrons. The molecule has 0 aromatic heterocycles. The quantitative estimate of drug-likeness (QED) is 0.768. The summed E-state index contributed by atoms with van der Waals surface area (Å²) in [4.78, 5) is 1.38. The minimum absolute atomic E-state index is 0.0681. The molecule has 0 aliphatic carbocycles. The van der Waals surface area contributed by atoms with Crippen LogP contribution in [0.15, 0.2) is 18.2 Å². The highest BCUT2D eigenvalue weighted by Crippen LogP contribution is 2.38. The molecule has 3 rings (SSSR count). The van der Waals surface area contributed by atoms with E-state index in [1.165, 1.54) is 4.90 Å². The number of nitrogens with one attached hydrogen (secondary N) is 1. The molecule has 0 bridgehead atoms. The lowest BCUT2D eigenvalue weighted by Crippen LogP contribution is -2.37. The molecule has 1 N–H and O–H groups in total. The van der Waals surface area contributed by atoms with Gasteiger partial charge in [-0.05, 0) is 30.4 Å². The largest absolute Gasteiger partial charge is 0.416 e. The zero-order chi connectivity index (χ0) is 16.3. The molecule has 0 radical (unpaired) electrons. The summed E-state index contributed by atoms with van der Waals surface area (Å²) >= 11 is 11.1. The van der Waals surface area contributed by atoms with Gasteiger partial charge in [0, 0.05) is 0 Å². The maximum Gasteiger partial charge on any atom is 0.416 e. The van der Waals surface area contributed by atoms with E-state index < -0.39 is 33.7 Å². The van der Waals surface area contributed by atoms with E-state index in [1.807, 2.05) is 0 Å². The van der Waals surface area contributed by atoms with Crippen LogP contribution < -0.4 is 10.2 Å². The van der Waals surface area contributed by atoms with E-state index in [4.69, 9.17) is 23.8 Å². The van der Waals surface area contributed by atoms with Crippen LogP contribution in [0.5, 0.6) is 0 Å². The number of thiocarbonyl (C=S) groups is 1. The Balaban J connectivity index is 2.05. The van der Waals surface area contributed by atoms with Gasteiger partial charge in [-0.25, -0.2) is 8.42 Å². The van der Waals surface area contributed by atoms with Crippen molar-refractivity contribution in [1.82, 2.24) is 5.32 Å². The Kier molecular flexibility index (Phi) is 3.57.